The smallest absolute Gasteiger partial charge is 0.337 e. The molecule has 166 valence electrons. The minimum atomic E-state index is -0.435. The first kappa shape index (κ1) is 19.6. The van der Waals surface area contributed by atoms with E-state index in [4.69, 9.17) is 9.15 Å². The number of benzene rings is 2. The molecule has 33 heavy (non-hydrogen) atoms. The second kappa shape index (κ2) is 7.23. The number of aromatic nitrogens is 3. The molecule has 1 fully saturated rings. The van der Waals surface area contributed by atoms with Gasteiger partial charge >= 0.3 is 5.97 Å². The fourth-order valence-electron chi connectivity index (χ4n) is 5.02. The highest BCUT2D eigenvalue weighted by molar-refractivity contribution is 6.14. The van der Waals surface area contributed by atoms with Crippen molar-refractivity contribution in [2.75, 3.05) is 7.11 Å². The highest BCUT2D eigenvalue weighted by Crippen LogP contribution is 2.39. The number of nitrogens with one attached hydrogen (secondary N) is 2. The Kier molecular flexibility index (Phi) is 4.29. The third kappa shape index (κ3) is 2.94. The molecule has 0 atom stereocenters. The van der Waals surface area contributed by atoms with Crippen LogP contribution in [0.5, 0.6) is 0 Å². The van der Waals surface area contributed by atoms with Gasteiger partial charge in [-0.25, -0.2) is 4.79 Å². The number of hydrogen-bond donors (Lipinski definition) is 2. The van der Waals surface area contributed by atoms with Crippen molar-refractivity contribution in [1.29, 1.82) is 0 Å². The molecule has 5 aromatic rings. The molecule has 0 saturated heterocycles. The summed E-state index contributed by atoms with van der Waals surface area (Å²) in [5.41, 5.74) is 3.75. The van der Waals surface area contributed by atoms with Crippen LogP contribution in [0, 0.1) is 0 Å². The number of ether oxygens (including phenoxy) is 1. The Bertz CT molecular complexity index is 1660. The van der Waals surface area contributed by atoms with E-state index in [1.807, 2.05) is 4.68 Å². The first-order valence-electron chi connectivity index (χ1n) is 11.0. The van der Waals surface area contributed by atoms with Crippen molar-refractivity contribution in [3.63, 3.8) is 0 Å². The summed E-state index contributed by atoms with van der Waals surface area (Å²) >= 11 is 0. The van der Waals surface area contributed by atoms with E-state index in [0.717, 1.165) is 42.1 Å². The fraction of sp³-hybridized carbons (Fsp3) is 0.240. The summed E-state index contributed by atoms with van der Waals surface area (Å²) in [5, 5.41) is 4.29. The van der Waals surface area contributed by atoms with E-state index in [1.165, 1.54) is 19.2 Å². The summed E-state index contributed by atoms with van der Waals surface area (Å²) in [6.45, 7) is 0. The van der Waals surface area contributed by atoms with Crippen LogP contribution in [-0.4, -0.2) is 27.8 Å². The first-order valence-corrected chi connectivity index (χ1v) is 11.0. The van der Waals surface area contributed by atoms with E-state index in [2.05, 4.69) is 10.1 Å². The molecular weight excluding hydrogens is 422 g/mol. The Morgan fingerprint density at radius 2 is 1.85 bits per heavy atom. The monoisotopic (exact) mass is 443 g/mol. The van der Waals surface area contributed by atoms with Gasteiger partial charge in [0.2, 0.25) is 0 Å². The molecule has 0 radical (unpaired) electrons. The highest BCUT2D eigenvalue weighted by Gasteiger charge is 2.26. The molecular formula is C25H21N3O5. The molecule has 3 aromatic heterocycles. The average molecular weight is 443 g/mol. The number of esters is 1. The summed E-state index contributed by atoms with van der Waals surface area (Å²) in [4.78, 5) is 40.5. The van der Waals surface area contributed by atoms with Gasteiger partial charge in [0.25, 0.3) is 5.56 Å². The van der Waals surface area contributed by atoms with Crippen LogP contribution >= 0.6 is 0 Å². The van der Waals surface area contributed by atoms with Gasteiger partial charge in [0.15, 0.2) is 11.0 Å². The van der Waals surface area contributed by atoms with Gasteiger partial charge in [-0.05, 0) is 42.7 Å². The summed E-state index contributed by atoms with van der Waals surface area (Å²) in [5.74, 6) is -0.435. The number of hydrogen-bond acceptors (Lipinski definition) is 5. The van der Waals surface area contributed by atoms with Gasteiger partial charge in [0.05, 0.1) is 29.6 Å². The van der Waals surface area contributed by atoms with E-state index in [1.54, 1.807) is 30.3 Å². The fourth-order valence-corrected chi connectivity index (χ4v) is 5.02. The van der Waals surface area contributed by atoms with Crippen LogP contribution in [0.4, 0.5) is 0 Å². The lowest BCUT2D eigenvalue weighted by atomic mass is 10.0. The number of carbonyl (C=O) groups excluding carboxylic acids is 1. The number of rotatable bonds is 3. The highest BCUT2D eigenvalue weighted by atomic mass is 16.5. The summed E-state index contributed by atoms with van der Waals surface area (Å²) in [7, 11) is 1.33. The van der Waals surface area contributed by atoms with Gasteiger partial charge < -0.3 is 14.1 Å². The van der Waals surface area contributed by atoms with E-state index in [9.17, 15) is 14.4 Å². The maximum atomic E-state index is 13.2. The predicted molar refractivity (Wildman–Crippen MR) is 125 cm³/mol. The van der Waals surface area contributed by atoms with Gasteiger partial charge in [-0.1, -0.05) is 25.0 Å². The zero-order chi connectivity index (χ0) is 22.7. The second-order valence-electron chi connectivity index (χ2n) is 8.51. The zero-order valence-electron chi connectivity index (χ0n) is 17.9. The minimum absolute atomic E-state index is 0.150. The number of carbonyl (C=O) groups is 1. The molecule has 8 heteroatoms. The first-order chi connectivity index (χ1) is 16.0. The van der Waals surface area contributed by atoms with Gasteiger partial charge in [0.1, 0.15) is 11.2 Å². The van der Waals surface area contributed by atoms with Crippen LogP contribution in [0.3, 0.4) is 0 Å². The standard InChI is InChI=1S/C25H21N3O5/c1-32-25(31)14-8-6-13(7-9-14)19-20-23(28(27-24(20)30)15-4-2-3-5-15)26-21-17-11-10-16(29)12-18(17)33-22(19)21/h6-12,15,26H,2-5H2,1H3,(H,27,30). The Hall–Kier alpha value is -4.07. The molecule has 1 aliphatic carbocycles. The number of H-pyrrole nitrogens is 2. The lowest BCUT2D eigenvalue weighted by Crippen LogP contribution is -2.10. The Labute approximate surface area is 186 Å². The predicted octanol–water partition coefficient (Wildman–Crippen LogP) is 4.49. The van der Waals surface area contributed by atoms with Gasteiger partial charge in [0, 0.05) is 17.0 Å². The van der Waals surface area contributed by atoms with Gasteiger partial charge in [-0.3, -0.25) is 19.4 Å². The van der Waals surface area contributed by atoms with Gasteiger partial charge in [-0.15, -0.1) is 0 Å². The summed E-state index contributed by atoms with van der Waals surface area (Å²) < 4.78 is 12.9. The van der Waals surface area contributed by atoms with Crippen molar-refractivity contribution < 1.29 is 13.9 Å². The van der Waals surface area contributed by atoms with Crippen molar-refractivity contribution in [3.8, 4) is 11.1 Å². The normalized spacial score (nSPS) is 14.6. The molecule has 3 heterocycles. The Balaban J connectivity index is 1.72. The van der Waals surface area contributed by atoms with Crippen LogP contribution in [0.25, 0.3) is 44.2 Å². The quantitative estimate of drug-likeness (QED) is 0.399. The maximum Gasteiger partial charge on any atom is 0.337 e. The van der Waals surface area contributed by atoms with Crippen LogP contribution in [0.1, 0.15) is 42.1 Å². The number of aromatic amines is 2. The summed E-state index contributed by atoms with van der Waals surface area (Å²) in [6, 6.07) is 11.8. The Morgan fingerprint density at radius 3 is 2.58 bits per heavy atom. The molecule has 0 bridgehead atoms. The largest absolute Gasteiger partial charge is 0.465 e. The molecule has 1 aliphatic rings. The second-order valence-corrected chi connectivity index (χ2v) is 8.51. The van der Waals surface area contributed by atoms with E-state index in [-0.39, 0.29) is 17.0 Å². The third-order valence-electron chi connectivity index (χ3n) is 6.59. The van der Waals surface area contributed by atoms with Crippen molar-refractivity contribution in [1.82, 2.24) is 14.8 Å². The van der Waals surface area contributed by atoms with E-state index in [0.29, 0.717) is 33.3 Å². The third-order valence-corrected chi connectivity index (χ3v) is 6.59. The molecule has 0 aliphatic heterocycles. The van der Waals surface area contributed by atoms with Gasteiger partial charge in [-0.2, -0.15) is 0 Å². The molecule has 2 N–H and O–H groups in total. The molecule has 0 amide bonds. The van der Waals surface area contributed by atoms with Crippen LogP contribution in [0.15, 0.2) is 56.5 Å². The maximum absolute atomic E-state index is 13.2. The average Bonchev–Trinajstić information content (AvgIpc) is 3.55. The van der Waals surface area contributed by atoms with Crippen LogP contribution in [-0.2, 0) is 4.74 Å². The molecule has 8 nitrogen and oxygen atoms in total. The molecule has 0 unspecified atom stereocenters. The molecule has 0 spiro atoms. The molecule has 2 aromatic carbocycles. The number of pyridine rings is 1. The summed E-state index contributed by atoms with van der Waals surface area (Å²) in [6.07, 6.45) is 4.25. The lowest BCUT2D eigenvalue weighted by molar-refractivity contribution is 0.0601. The lowest BCUT2D eigenvalue weighted by Gasteiger charge is -2.13. The minimum Gasteiger partial charge on any atom is -0.465 e. The molecule has 1 saturated carbocycles. The zero-order valence-corrected chi connectivity index (χ0v) is 17.9. The number of furan rings is 1. The van der Waals surface area contributed by atoms with Crippen molar-refractivity contribution in [2.45, 2.75) is 31.7 Å². The number of methoxy groups -OCH3 is 1. The van der Waals surface area contributed by atoms with E-state index < -0.39 is 5.97 Å². The SMILES string of the molecule is COC(=O)c1ccc(-c2c3oc4cc(=O)ccc4c3[nH]c3c2c(=O)[nH]n3C2CCCC2)cc1. The van der Waals surface area contributed by atoms with Crippen molar-refractivity contribution in [2.24, 2.45) is 0 Å². The number of nitrogens with zero attached hydrogens (tertiary/aromatic N) is 1. The molecule has 6 rings (SSSR count). The van der Waals surface area contributed by atoms with Crippen molar-refractivity contribution >= 4 is 39.1 Å². The Morgan fingerprint density at radius 1 is 1.09 bits per heavy atom. The van der Waals surface area contributed by atoms with E-state index >= 15 is 0 Å². The number of fused-ring (bicyclic) bond motifs is 4. The van der Waals surface area contributed by atoms with Crippen LogP contribution in [0.2, 0.25) is 0 Å². The van der Waals surface area contributed by atoms with Crippen molar-refractivity contribution in [3.05, 3.63) is 68.6 Å². The topological polar surface area (TPSA) is 110 Å². The van der Waals surface area contributed by atoms with Crippen LogP contribution < -0.4 is 11.0 Å².